The first-order chi connectivity index (χ1) is 9.65. The molecule has 1 heterocycles. The smallest absolute Gasteiger partial charge is 0.227 e. The molecule has 0 radical (unpaired) electrons. The van der Waals surface area contributed by atoms with E-state index < -0.39 is 0 Å². The van der Waals surface area contributed by atoms with Gasteiger partial charge in [0, 0.05) is 29.7 Å². The van der Waals surface area contributed by atoms with Gasteiger partial charge in [0.2, 0.25) is 5.91 Å². The Morgan fingerprint density at radius 1 is 1.55 bits per heavy atom. The zero-order valence-electron chi connectivity index (χ0n) is 12.0. The van der Waals surface area contributed by atoms with E-state index in [4.69, 9.17) is 16.3 Å². The van der Waals surface area contributed by atoms with Crippen LogP contribution in [0.15, 0.2) is 18.2 Å². The minimum absolute atomic E-state index is 0.142. The van der Waals surface area contributed by atoms with Gasteiger partial charge >= 0.3 is 0 Å². The number of methoxy groups -OCH3 is 1. The van der Waals surface area contributed by atoms with Gasteiger partial charge in [-0.3, -0.25) is 4.79 Å². The monoisotopic (exact) mass is 296 g/mol. The SMILES string of the molecule is CNC[C@H]1CCCN1C(=O)Cc1cc(Cl)ccc1OC. The number of carbonyl (C=O) groups is 1. The van der Waals surface area contributed by atoms with E-state index in [1.54, 1.807) is 25.3 Å². The summed E-state index contributed by atoms with van der Waals surface area (Å²) >= 11 is 6.00. The van der Waals surface area contributed by atoms with Crippen molar-refractivity contribution in [1.82, 2.24) is 10.2 Å². The van der Waals surface area contributed by atoms with E-state index in [-0.39, 0.29) is 5.91 Å². The minimum Gasteiger partial charge on any atom is -0.496 e. The minimum atomic E-state index is 0.142. The molecule has 1 aliphatic rings. The number of hydrogen-bond acceptors (Lipinski definition) is 3. The number of nitrogens with one attached hydrogen (secondary N) is 1. The highest BCUT2D eigenvalue weighted by molar-refractivity contribution is 6.30. The second kappa shape index (κ2) is 6.95. The maximum atomic E-state index is 12.5. The largest absolute Gasteiger partial charge is 0.496 e. The van der Waals surface area contributed by atoms with Gasteiger partial charge in [-0.25, -0.2) is 0 Å². The summed E-state index contributed by atoms with van der Waals surface area (Å²) < 4.78 is 5.30. The molecular formula is C15H21ClN2O2. The fraction of sp³-hybridized carbons (Fsp3) is 0.533. The van der Waals surface area contributed by atoms with Crippen molar-refractivity contribution in [3.8, 4) is 5.75 Å². The molecule has 1 N–H and O–H groups in total. The predicted molar refractivity (Wildman–Crippen MR) is 80.4 cm³/mol. The summed E-state index contributed by atoms with van der Waals surface area (Å²) in [5.41, 5.74) is 0.847. The van der Waals surface area contributed by atoms with Gasteiger partial charge in [0.05, 0.1) is 13.5 Å². The number of carbonyl (C=O) groups excluding carboxylic acids is 1. The summed E-state index contributed by atoms with van der Waals surface area (Å²) in [6.45, 7) is 1.69. The highest BCUT2D eigenvalue weighted by Gasteiger charge is 2.28. The number of halogens is 1. The molecule has 0 saturated carbocycles. The molecule has 0 spiro atoms. The molecule has 2 rings (SSSR count). The van der Waals surface area contributed by atoms with Crippen LogP contribution in [0.25, 0.3) is 0 Å². The van der Waals surface area contributed by atoms with E-state index in [9.17, 15) is 4.79 Å². The van der Waals surface area contributed by atoms with Crippen molar-refractivity contribution < 1.29 is 9.53 Å². The van der Waals surface area contributed by atoms with Gasteiger partial charge in [-0.15, -0.1) is 0 Å². The Morgan fingerprint density at radius 2 is 2.35 bits per heavy atom. The molecule has 1 saturated heterocycles. The predicted octanol–water partition coefficient (Wildman–Crippen LogP) is 2.10. The first-order valence-corrected chi connectivity index (χ1v) is 7.30. The lowest BCUT2D eigenvalue weighted by molar-refractivity contribution is -0.131. The van der Waals surface area contributed by atoms with Gasteiger partial charge in [0.1, 0.15) is 5.75 Å². The van der Waals surface area contributed by atoms with Gasteiger partial charge < -0.3 is 15.0 Å². The molecule has 4 nitrogen and oxygen atoms in total. The van der Waals surface area contributed by atoms with Crippen molar-refractivity contribution in [2.45, 2.75) is 25.3 Å². The normalized spacial score (nSPS) is 18.4. The average molecular weight is 297 g/mol. The summed E-state index contributed by atoms with van der Waals surface area (Å²) in [6, 6.07) is 5.69. The fourth-order valence-electron chi connectivity index (χ4n) is 2.76. The van der Waals surface area contributed by atoms with E-state index in [2.05, 4.69) is 5.32 Å². The molecule has 1 atom stereocenters. The van der Waals surface area contributed by atoms with Crippen LogP contribution in [-0.2, 0) is 11.2 Å². The van der Waals surface area contributed by atoms with Crippen molar-refractivity contribution in [2.75, 3.05) is 27.2 Å². The summed E-state index contributed by atoms with van der Waals surface area (Å²) in [6.07, 6.45) is 2.48. The summed E-state index contributed by atoms with van der Waals surface area (Å²) in [7, 11) is 3.53. The van der Waals surface area contributed by atoms with Gasteiger partial charge in [-0.1, -0.05) is 11.6 Å². The molecule has 1 aromatic carbocycles. The third-order valence-corrected chi connectivity index (χ3v) is 3.96. The number of amides is 1. The van der Waals surface area contributed by atoms with Gasteiger partial charge in [-0.05, 0) is 38.1 Å². The molecule has 0 aliphatic carbocycles. The highest BCUT2D eigenvalue weighted by Crippen LogP contribution is 2.25. The zero-order valence-corrected chi connectivity index (χ0v) is 12.7. The van der Waals surface area contributed by atoms with Crippen LogP contribution >= 0.6 is 11.6 Å². The highest BCUT2D eigenvalue weighted by atomic mass is 35.5. The van der Waals surface area contributed by atoms with Crippen LogP contribution in [0.3, 0.4) is 0 Å². The lowest BCUT2D eigenvalue weighted by Crippen LogP contribution is -2.41. The topological polar surface area (TPSA) is 41.6 Å². The third kappa shape index (κ3) is 3.44. The van der Waals surface area contributed by atoms with Crippen molar-refractivity contribution in [3.05, 3.63) is 28.8 Å². The van der Waals surface area contributed by atoms with Crippen LogP contribution in [-0.4, -0.2) is 44.1 Å². The number of likely N-dealkylation sites (tertiary alicyclic amines) is 1. The molecule has 5 heteroatoms. The van der Waals surface area contributed by atoms with Crippen LogP contribution in [0.4, 0.5) is 0 Å². The molecule has 110 valence electrons. The van der Waals surface area contributed by atoms with Crippen LogP contribution in [0.2, 0.25) is 5.02 Å². The first kappa shape index (κ1) is 15.1. The summed E-state index contributed by atoms with van der Waals surface area (Å²) in [4.78, 5) is 14.4. The van der Waals surface area contributed by atoms with Gasteiger partial charge in [0.15, 0.2) is 0 Å². The van der Waals surface area contributed by atoms with Crippen LogP contribution < -0.4 is 10.1 Å². The molecule has 1 fully saturated rings. The van der Waals surface area contributed by atoms with Gasteiger partial charge in [0.25, 0.3) is 0 Å². The first-order valence-electron chi connectivity index (χ1n) is 6.92. The Morgan fingerprint density at radius 3 is 3.05 bits per heavy atom. The van der Waals surface area contributed by atoms with Crippen LogP contribution in [0.5, 0.6) is 5.75 Å². The Kier molecular flexibility index (Phi) is 5.26. The van der Waals surface area contributed by atoms with Crippen molar-refractivity contribution in [2.24, 2.45) is 0 Å². The average Bonchev–Trinajstić information content (AvgIpc) is 2.88. The Balaban J connectivity index is 2.09. The molecule has 0 bridgehead atoms. The number of rotatable bonds is 5. The van der Waals surface area contributed by atoms with E-state index in [0.29, 0.717) is 23.2 Å². The van der Waals surface area contributed by atoms with E-state index in [1.807, 2.05) is 11.9 Å². The Bertz CT molecular complexity index is 479. The number of ether oxygens (including phenoxy) is 1. The molecule has 1 aromatic rings. The summed E-state index contributed by atoms with van der Waals surface area (Å²) in [5.74, 6) is 0.857. The number of likely N-dealkylation sites (N-methyl/N-ethyl adjacent to an activating group) is 1. The molecule has 0 aromatic heterocycles. The fourth-order valence-corrected chi connectivity index (χ4v) is 2.96. The number of benzene rings is 1. The number of nitrogens with zero attached hydrogens (tertiary/aromatic N) is 1. The second-order valence-electron chi connectivity index (χ2n) is 5.07. The quantitative estimate of drug-likeness (QED) is 0.905. The number of hydrogen-bond donors (Lipinski definition) is 1. The Hall–Kier alpha value is -1.26. The van der Waals surface area contributed by atoms with Crippen molar-refractivity contribution >= 4 is 17.5 Å². The van der Waals surface area contributed by atoms with E-state index in [0.717, 1.165) is 31.5 Å². The molecule has 0 unspecified atom stereocenters. The third-order valence-electron chi connectivity index (χ3n) is 3.72. The van der Waals surface area contributed by atoms with Gasteiger partial charge in [-0.2, -0.15) is 0 Å². The Labute approximate surface area is 125 Å². The maximum absolute atomic E-state index is 12.5. The van der Waals surface area contributed by atoms with E-state index >= 15 is 0 Å². The maximum Gasteiger partial charge on any atom is 0.227 e. The van der Waals surface area contributed by atoms with Crippen molar-refractivity contribution in [1.29, 1.82) is 0 Å². The zero-order chi connectivity index (χ0) is 14.5. The van der Waals surface area contributed by atoms with Crippen LogP contribution in [0, 0.1) is 0 Å². The lowest BCUT2D eigenvalue weighted by Gasteiger charge is -2.25. The van der Waals surface area contributed by atoms with E-state index in [1.165, 1.54) is 0 Å². The van der Waals surface area contributed by atoms with Crippen molar-refractivity contribution in [3.63, 3.8) is 0 Å². The molecule has 1 aliphatic heterocycles. The molecule has 20 heavy (non-hydrogen) atoms. The standard InChI is InChI=1S/C15H21ClN2O2/c1-17-10-13-4-3-7-18(13)15(19)9-11-8-12(16)5-6-14(11)20-2/h5-6,8,13,17H,3-4,7,9-10H2,1-2H3/t13-/m1/s1. The molecule has 1 amide bonds. The molecular weight excluding hydrogens is 276 g/mol. The second-order valence-corrected chi connectivity index (χ2v) is 5.51. The summed E-state index contributed by atoms with van der Waals surface area (Å²) in [5, 5.41) is 3.78. The lowest BCUT2D eigenvalue weighted by atomic mass is 10.1. The van der Waals surface area contributed by atoms with Crippen LogP contribution in [0.1, 0.15) is 18.4 Å².